The summed E-state index contributed by atoms with van der Waals surface area (Å²) in [4.78, 5) is 4.93. The number of aryl methyl sites for hydroxylation is 1. The Morgan fingerprint density at radius 3 is 3.07 bits per heavy atom. The van der Waals surface area contributed by atoms with E-state index in [-0.39, 0.29) is 0 Å². The second kappa shape index (κ2) is 3.30. The SMILES string of the molecule is Cc1ccc(C2(O)CCN3CCCC32)s1. The van der Waals surface area contributed by atoms with Crippen LogP contribution in [0, 0.1) is 6.92 Å². The highest BCUT2D eigenvalue weighted by Crippen LogP contribution is 2.44. The first-order valence-electron chi connectivity index (χ1n) is 5.73. The van der Waals surface area contributed by atoms with Gasteiger partial charge >= 0.3 is 0 Å². The van der Waals surface area contributed by atoms with Gasteiger partial charge in [0, 0.05) is 22.3 Å². The molecule has 2 unspecified atom stereocenters. The summed E-state index contributed by atoms with van der Waals surface area (Å²) in [6.07, 6.45) is 3.32. The molecule has 2 nitrogen and oxygen atoms in total. The minimum atomic E-state index is -0.546. The smallest absolute Gasteiger partial charge is 0.115 e. The first-order chi connectivity index (χ1) is 7.20. The zero-order valence-corrected chi connectivity index (χ0v) is 9.89. The molecule has 0 bridgehead atoms. The first kappa shape index (κ1) is 9.82. The van der Waals surface area contributed by atoms with Crippen LogP contribution in [-0.2, 0) is 5.60 Å². The third kappa shape index (κ3) is 1.37. The zero-order chi connectivity index (χ0) is 10.5. The predicted octanol–water partition coefficient (Wildman–Crippen LogP) is 2.11. The molecule has 1 aromatic heterocycles. The molecule has 3 heteroatoms. The van der Waals surface area contributed by atoms with Gasteiger partial charge in [0.05, 0.1) is 0 Å². The Morgan fingerprint density at radius 2 is 2.33 bits per heavy atom. The first-order valence-corrected chi connectivity index (χ1v) is 6.55. The molecule has 0 aromatic carbocycles. The summed E-state index contributed by atoms with van der Waals surface area (Å²) in [7, 11) is 0. The van der Waals surface area contributed by atoms with Gasteiger partial charge in [0.15, 0.2) is 0 Å². The van der Waals surface area contributed by atoms with Gasteiger partial charge in [0.1, 0.15) is 5.60 Å². The molecule has 2 fully saturated rings. The molecular formula is C12H17NOS. The van der Waals surface area contributed by atoms with E-state index in [1.54, 1.807) is 11.3 Å². The molecule has 2 atom stereocenters. The molecule has 0 saturated carbocycles. The lowest BCUT2D eigenvalue weighted by atomic mass is 9.91. The van der Waals surface area contributed by atoms with Crippen molar-refractivity contribution in [2.45, 2.75) is 37.8 Å². The van der Waals surface area contributed by atoms with E-state index in [2.05, 4.69) is 24.0 Å². The van der Waals surface area contributed by atoms with Crippen molar-refractivity contribution >= 4 is 11.3 Å². The molecule has 3 rings (SSSR count). The van der Waals surface area contributed by atoms with Crippen LogP contribution in [0.4, 0.5) is 0 Å². The quantitative estimate of drug-likeness (QED) is 0.788. The van der Waals surface area contributed by atoms with Gasteiger partial charge in [0.2, 0.25) is 0 Å². The highest BCUT2D eigenvalue weighted by Gasteiger charge is 2.49. The van der Waals surface area contributed by atoms with E-state index in [0.29, 0.717) is 6.04 Å². The van der Waals surface area contributed by atoms with Crippen molar-refractivity contribution in [3.8, 4) is 0 Å². The van der Waals surface area contributed by atoms with E-state index in [0.717, 1.165) is 19.4 Å². The molecule has 0 amide bonds. The number of rotatable bonds is 1. The molecule has 0 spiro atoms. The summed E-state index contributed by atoms with van der Waals surface area (Å²) in [6, 6.07) is 4.62. The normalized spacial score (nSPS) is 36.0. The van der Waals surface area contributed by atoms with Gasteiger partial charge in [-0.3, -0.25) is 4.90 Å². The summed E-state index contributed by atoms with van der Waals surface area (Å²) in [5.74, 6) is 0. The summed E-state index contributed by atoms with van der Waals surface area (Å²) >= 11 is 1.76. The van der Waals surface area contributed by atoms with Crippen molar-refractivity contribution in [2.24, 2.45) is 0 Å². The Morgan fingerprint density at radius 1 is 1.47 bits per heavy atom. The van der Waals surface area contributed by atoms with E-state index in [1.807, 2.05) is 0 Å². The van der Waals surface area contributed by atoms with E-state index in [4.69, 9.17) is 0 Å². The van der Waals surface area contributed by atoms with Gasteiger partial charge in [-0.1, -0.05) is 0 Å². The van der Waals surface area contributed by atoms with Crippen LogP contribution < -0.4 is 0 Å². The fourth-order valence-corrected chi connectivity index (χ4v) is 4.10. The molecule has 1 N–H and O–H groups in total. The number of hydrogen-bond acceptors (Lipinski definition) is 3. The number of fused-ring (bicyclic) bond motifs is 1. The van der Waals surface area contributed by atoms with Gasteiger partial charge < -0.3 is 5.11 Å². The van der Waals surface area contributed by atoms with Crippen molar-refractivity contribution < 1.29 is 5.11 Å². The minimum Gasteiger partial charge on any atom is -0.383 e. The van der Waals surface area contributed by atoms with Gasteiger partial charge in [-0.05, 0) is 44.9 Å². The fourth-order valence-electron chi connectivity index (χ4n) is 3.07. The molecule has 2 aliphatic rings. The Bertz CT molecular complexity index is 375. The highest BCUT2D eigenvalue weighted by atomic mass is 32.1. The predicted molar refractivity (Wildman–Crippen MR) is 62.2 cm³/mol. The minimum absolute atomic E-state index is 0.385. The summed E-state index contributed by atoms with van der Waals surface area (Å²) in [5.41, 5.74) is -0.546. The van der Waals surface area contributed by atoms with Crippen LogP contribution in [0.25, 0.3) is 0 Å². The number of nitrogens with zero attached hydrogens (tertiary/aromatic N) is 1. The molecule has 82 valence electrons. The molecule has 0 radical (unpaired) electrons. The monoisotopic (exact) mass is 223 g/mol. The lowest BCUT2D eigenvalue weighted by molar-refractivity contribution is 0.0128. The van der Waals surface area contributed by atoms with Crippen LogP contribution in [0.15, 0.2) is 12.1 Å². The summed E-state index contributed by atoms with van der Waals surface area (Å²) in [6.45, 7) is 4.36. The van der Waals surface area contributed by atoms with Crippen molar-refractivity contribution in [2.75, 3.05) is 13.1 Å². The third-order valence-corrected chi connectivity index (χ3v) is 5.03. The molecule has 2 aliphatic heterocycles. The standard InChI is InChI=1S/C12H17NOS/c1-9-4-5-11(15-9)12(14)6-8-13-7-2-3-10(12)13/h4-5,10,14H,2-3,6-8H2,1H3. The van der Waals surface area contributed by atoms with Crippen molar-refractivity contribution in [3.05, 3.63) is 21.9 Å². The van der Waals surface area contributed by atoms with Crippen LogP contribution in [0.2, 0.25) is 0 Å². The summed E-state index contributed by atoms with van der Waals surface area (Å²) < 4.78 is 0. The average Bonchev–Trinajstić information content (AvgIpc) is 2.85. The van der Waals surface area contributed by atoms with Crippen LogP contribution in [0.3, 0.4) is 0 Å². The molecule has 15 heavy (non-hydrogen) atoms. The lowest BCUT2D eigenvalue weighted by Crippen LogP contribution is -2.37. The number of hydrogen-bond donors (Lipinski definition) is 1. The number of aliphatic hydroxyl groups is 1. The maximum Gasteiger partial charge on any atom is 0.115 e. The Kier molecular flexibility index (Phi) is 2.16. The molecule has 2 saturated heterocycles. The Labute approximate surface area is 94.5 Å². The molecule has 3 heterocycles. The molecule has 0 aliphatic carbocycles. The van der Waals surface area contributed by atoms with E-state index in [9.17, 15) is 5.11 Å². The second-order valence-electron chi connectivity index (χ2n) is 4.78. The zero-order valence-electron chi connectivity index (χ0n) is 9.07. The van der Waals surface area contributed by atoms with Crippen LogP contribution in [-0.4, -0.2) is 29.1 Å². The summed E-state index contributed by atoms with van der Waals surface area (Å²) in [5, 5.41) is 10.8. The molecular weight excluding hydrogens is 206 g/mol. The Balaban J connectivity index is 1.96. The van der Waals surface area contributed by atoms with E-state index >= 15 is 0 Å². The second-order valence-corrected chi connectivity index (χ2v) is 6.07. The average molecular weight is 223 g/mol. The lowest BCUT2D eigenvalue weighted by Gasteiger charge is -2.28. The van der Waals surface area contributed by atoms with E-state index < -0.39 is 5.60 Å². The van der Waals surface area contributed by atoms with Crippen LogP contribution in [0.1, 0.15) is 29.0 Å². The maximum atomic E-state index is 10.8. The highest BCUT2D eigenvalue weighted by molar-refractivity contribution is 7.12. The van der Waals surface area contributed by atoms with Crippen molar-refractivity contribution in [1.82, 2.24) is 4.90 Å². The van der Waals surface area contributed by atoms with Gasteiger partial charge in [-0.2, -0.15) is 0 Å². The van der Waals surface area contributed by atoms with Crippen molar-refractivity contribution in [3.63, 3.8) is 0 Å². The fraction of sp³-hybridized carbons (Fsp3) is 0.667. The maximum absolute atomic E-state index is 10.8. The largest absolute Gasteiger partial charge is 0.383 e. The van der Waals surface area contributed by atoms with Crippen LogP contribution in [0.5, 0.6) is 0 Å². The van der Waals surface area contributed by atoms with Gasteiger partial charge in [-0.25, -0.2) is 0 Å². The van der Waals surface area contributed by atoms with Crippen LogP contribution >= 0.6 is 11.3 Å². The molecule has 1 aromatic rings. The number of thiophene rings is 1. The van der Waals surface area contributed by atoms with E-state index in [1.165, 1.54) is 22.7 Å². The van der Waals surface area contributed by atoms with Gasteiger partial charge in [-0.15, -0.1) is 11.3 Å². The third-order valence-electron chi connectivity index (χ3n) is 3.86. The van der Waals surface area contributed by atoms with Gasteiger partial charge in [0.25, 0.3) is 0 Å². The van der Waals surface area contributed by atoms with Crippen molar-refractivity contribution in [1.29, 1.82) is 0 Å². The topological polar surface area (TPSA) is 23.5 Å². The Hall–Kier alpha value is -0.380.